The average molecular weight is 499 g/mol. The summed E-state index contributed by atoms with van der Waals surface area (Å²) < 4.78 is 27.6. The third-order valence-corrected chi connectivity index (χ3v) is 8.88. The first kappa shape index (κ1) is 24.4. The van der Waals surface area contributed by atoms with E-state index in [9.17, 15) is 13.2 Å². The molecule has 1 aliphatic rings. The molecule has 34 heavy (non-hydrogen) atoms. The van der Waals surface area contributed by atoms with Crippen LogP contribution < -0.4 is 10.2 Å². The minimum absolute atomic E-state index is 0.129. The molecule has 2 aromatic carbocycles. The second kappa shape index (κ2) is 10.2. The normalized spacial score (nSPS) is 14.1. The molecule has 7 nitrogen and oxygen atoms in total. The van der Waals surface area contributed by atoms with E-state index in [1.165, 1.54) is 27.3 Å². The van der Waals surface area contributed by atoms with Gasteiger partial charge in [-0.25, -0.2) is 13.4 Å². The van der Waals surface area contributed by atoms with Crippen molar-refractivity contribution in [3.05, 3.63) is 59.0 Å². The quantitative estimate of drug-likeness (QED) is 0.473. The molecule has 3 aromatic rings. The summed E-state index contributed by atoms with van der Waals surface area (Å²) in [6.45, 7) is 8.07. The molecular formula is C25H30N4O3S2. The van der Waals surface area contributed by atoms with Gasteiger partial charge in [-0.05, 0) is 38.0 Å². The topological polar surface area (TPSA) is 82.6 Å². The molecule has 1 fully saturated rings. The number of hydrogen-bond acceptors (Lipinski definition) is 6. The van der Waals surface area contributed by atoms with Crippen molar-refractivity contribution in [2.45, 2.75) is 38.5 Å². The highest BCUT2D eigenvalue weighted by Crippen LogP contribution is 2.30. The van der Waals surface area contributed by atoms with E-state index in [1.807, 2.05) is 36.6 Å². The summed E-state index contributed by atoms with van der Waals surface area (Å²) in [6, 6.07) is 12.9. The Hall–Kier alpha value is -2.75. The Morgan fingerprint density at radius 3 is 2.41 bits per heavy atom. The number of hydrogen-bond donors (Lipinski definition) is 1. The van der Waals surface area contributed by atoms with E-state index in [0.29, 0.717) is 23.8 Å². The summed E-state index contributed by atoms with van der Waals surface area (Å²) in [4.78, 5) is 20.2. The number of thiazole rings is 1. The SMILES string of the molecule is CCN(CC)S(=O)(=O)c1ccc(N2CCCC2)c(C(=O)Nc2nc(-c3ccc(C)cc3)cs2)c1. The van der Waals surface area contributed by atoms with E-state index < -0.39 is 10.0 Å². The highest BCUT2D eigenvalue weighted by Gasteiger charge is 2.26. The van der Waals surface area contributed by atoms with Crippen molar-refractivity contribution < 1.29 is 13.2 Å². The molecule has 1 N–H and O–H groups in total. The number of aromatic nitrogens is 1. The van der Waals surface area contributed by atoms with Gasteiger partial charge in [-0.3, -0.25) is 10.1 Å². The highest BCUT2D eigenvalue weighted by molar-refractivity contribution is 7.89. The third-order valence-electron chi connectivity index (χ3n) is 6.07. The lowest BCUT2D eigenvalue weighted by Gasteiger charge is -2.23. The van der Waals surface area contributed by atoms with Crippen LogP contribution >= 0.6 is 11.3 Å². The van der Waals surface area contributed by atoms with Crippen LogP contribution in [0.3, 0.4) is 0 Å². The lowest BCUT2D eigenvalue weighted by molar-refractivity contribution is 0.102. The molecule has 0 bridgehead atoms. The van der Waals surface area contributed by atoms with E-state index in [2.05, 4.69) is 15.2 Å². The first-order valence-corrected chi connectivity index (χ1v) is 13.9. The minimum Gasteiger partial charge on any atom is -0.371 e. The monoisotopic (exact) mass is 498 g/mol. The Morgan fingerprint density at radius 2 is 1.76 bits per heavy atom. The fraction of sp³-hybridized carbons (Fsp3) is 0.360. The molecular weight excluding hydrogens is 468 g/mol. The molecule has 4 rings (SSSR count). The molecule has 0 atom stereocenters. The predicted octanol–water partition coefficient (Wildman–Crippen LogP) is 5.00. The Bertz CT molecular complexity index is 1260. The summed E-state index contributed by atoms with van der Waals surface area (Å²) in [6.07, 6.45) is 2.10. The van der Waals surface area contributed by atoms with Crippen molar-refractivity contribution in [3.63, 3.8) is 0 Å². The summed E-state index contributed by atoms with van der Waals surface area (Å²) in [5.74, 6) is -0.358. The molecule has 2 heterocycles. The highest BCUT2D eigenvalue weighted by atomic mass is 32.2. The van der Waals surface area contributed by atoms with Crippen LogP contribution in [0.5, 0.6) is 0 Å². The molecule has 1 saturated heterocycles. The zero-order valence-electron chi connectivity index (χ0n) is 19.7. The lowest BCUT2D eigenvalue weighted by atomic mass is 10.1. The van der Waals surface area contributed by atoms with Gasteiger partial charge in [0.25, 0.3) is 5.91 Å². The number of carbonyl (C=O) groups excluding carboxylic acids is 1. The third kappa shape index (κ3) is 5.01. The molecule has 180 valence electrons. The maximum atomic E-state index is 13.4. The van der Waals surface area contributed by atoms with Gasteiger partial charge in [0.2, 0.25) is 10.0 Å². The number of nitrogens with one attached hydrogen (secondary N) is 1. The summed E-state index contributed by atoms with van der Waals surface area (Å²) in [5.41, 5.74) is 4.04. The number of sulfonamides is 1. The van der Waals surface area contributed by atoms with Crippen LogP contribution in [0, 0.1) is 6.92 Å². The largest absolute Gasteiger partial charge is 0.371 e. The van der Waals surface area contributed by atoms with Gasteiger partial charge in [-0.15, -0.1) is 11.3 Å². The van der Waals surface area contributed by atoms with E-state index in [0.717, 1.165) is 42.9 Å². The first-order valence-electron chi connectivity index (χ1n) is 11.6. The smallest absolute Gasteiger partial charge is 0.259 e. The second-order valence-electron chi connectivity index (χ2n) is 8.32. The zero-order valence-corrected chi connectivity index (χ0v) is 21.4. The van der Waals surface area contributed by atoms with Crippen molar-refractivity contribution in [1.29, 1.82) is 0 Å². The van der Waals surface area contributed by atoms with Crippen molar-refractivity contribution in [3.8, 4) is 11.3 Å². The molecule has 0 spiro atoms. The first-order chi connectivity index (χ1) is 16.3. The number of anilines is 2. The molecule has 0 unspecified atom stereocenters. The molecule has 9 heteroatoms. The van der Waals surface area contributed by atoms with Crippen LogP contribution in [0.15, 0.2) is 52.7 Å². The van der Waals surface area contributed by atoms with Gasteiger partial charge in [-0.1, -0.05) is 43.7 Å². The number of amides is 1. The number of nitrogens with zero attached hydrogens (tertiary/aromatic N) is 3. The molecule has 0 radical (unpaired) electrons. The van der Waals surface area contributed by atoms with E-state index in [1.54, 1.807) is 26.0 Å². The van der Waals surface area contributed by atoms with Crippen molar-refractivity contribution >= 4 is 38.1 Å². The van der Waals surface area contributed by atoms with E-state index in [4.69, 9.17) is 0 Å². The summed E-state index contributed by atoms with van der Waals surface area (Å²) in [5, 5.41) is 5.28. The number of carbonyl (C=O) groups is 1. The maximum Gasteiger partial charge on any atom is 0.259 e. The predicted molar refractivity (Wildman–Crippen MR) is 138 cm³/mol. The van der Waals surface area contributed by atoms with Gasteiger partial charge in [0, 0.05) is 42.8 Å². The maximum absolute atomic E-state index is 13.4. The van der Waals surface area contributed by atoms with Gasteiger partial charge in [0.05, 0.1) is 16.2 Å². The standard InChI is InChI=1S/C25H30N4O3S2/c1-4-29(5-2)34(31,32)20-12-13-23(28-14-6-7-15-28)21(16-20)24(30)27-25-26-22(17-33-25)19-10-8-18(3)9-11-19/h8-13,16-17H,4-7,14-15H2,1-3H3,(H,26,27,30). The van der Waals surface area contributed by atoms with Crippen molar-refractivity contribution in [1.82, 2.24) is 9.29 Å². The second-order valence-corrected chi connectivity index (χ2v) is 11.1. The average Bonchev–Trinajstić information content (AvgIpc) is 3.52. The van der Waals surface area contributed by atoms with Gasteiger partial charge in [-0.2, -0.15) is 4.31 Å². The lowest BCUT2D eigenvalue weighted by Crippen LogP contribution is -2.31. The fourth-order valence-electron chi connectivity index (χ4n) is 4.16. The van der Waals surface area contributed by atoms with Crippen molar-refractivity contribution in [2.75, 3.05) is 36.4 Å². The van der Waals surface area contributed by atoms with Crippen LogP contribution in [0.2, 0.25) is 0 Å². The minimum atomic E-state index is -3.68. The zero-order chi connectivity index (χ0) is 24.3. The van der Waals surface area contributed by atoms with E-state index in [-0.39, 0.29) is 10.8 Å². The van der Waals surface area contributed by atoms with Crippen LogP contribution in [0.4, 0.5) is 10.8 Å². The Morgan fingerprint density at radius 1 is 1.09 bits per heavy atom. The summed E-state index contributed by atoms with van der Waals surface area (Å²) in [7, 11) is -3.68. The van der Waals surface area contributed by atoms with Crippen LogP contribution in [-0.2, 0) is 10.0 Å². The van der Waals surface area contributed by atoms with Gasteiger partial charge < -0.3 is 4.90 Å². The molecule has 1 aliphatic heterocycles. The van der Waals surface area contributed by atoms with Gasteiger partial charge >= 0.3 is 0 Å². The van der Waals surface area contributed by atoms with E-state index >= 15 is 0 Å². The van der Waals surface area contributed by atoms with Crippen LogP contribution in [-0.4, -0.2) is 49.8 Å². The Balaban J connectivity index is 1.66. The fourth-order valence-corrected chi connectivity index (χ4v) is 6.36. The molecule has 1 amide bonds. The number of benzene rings is 2. The molecule has 0 saturated carbocycles. The van der Waals surface area contributed by atoms with Crippen LogP contribution in [0.25, 0.3) is 11.3 Å². The van der Waals surface area contributed by atoms with Crippen LogP contribution in [0.1, 0.15) is 42.6 Å². The summed E-state index contributed by atoms with van der Waals surface area (Å²) >= 11 is 1.35. The Kier molecular flexibility index (Phi) is 7.35. The van der Waals surface area contributed by atoms with Gasteiger partial charge in [0.15, 0.2) is 5.13 Å². The molecule has 0 aliphatic carbocycles. The number of rotatable bonds is 8. The Labute approximate surface area is 205 Å². The van der Waals surface area contributed by atoms with Crippen molar-refractivity contribution in [2.24, 2.45) is 0 Å². The number of aryl methyl sites for hydroxylation is 1. The molecule has 1 aromatic heterocycles. The van der Waals surface area contributed by atoms with Gasteiger partial charge in [0.1, 0.15) is 0 Å².